The lowest BCUT2D eigenvalue weighted by Crippen LogP contribution is -2.31. The van der Waals surface area contributed by atoms with E-state index in [1.165, 1.54) is 0 Å². The minimum atomic E-state index is -0.385. The Morgan fingerprint density at radius 1 is 1.38 bits per heavy atom. The summed E-state index contributed by atoms with van der Waals surface area (Å²) in [5.41, 5.74) is 5.74. The fourth-order valence-corrected chi connectivity index (χ4v) is 2.91. The molecular weight excluding hydrogens is 336 g/mol. The second-order valence-corrected chi connectivity index (χ2v) is 5.72. The highest BCUT2D eigenvalue weighted by Gasteiger charge is 2.18. The van der Waals surface area contributed by atoms with E-state index in [-0.39, 0.29) is 12.5 Å². The van der Waals surface area contributed by atoms with E-state index in [0.29, 0.717) is 17.0 Å². The van der Waals surface area contributed by atoms with Crippen molar-refractivity contribution in [1.82, 2.24) is 15.6 Å². The van der Waals surface area contributed by atoms with Crippen molar-refractivity contribution in [3.05, 3.63) is 44.7 Å². The van der Waals surface area contributed by atoms with E-state index in [2.05, 4.69) is 31.6 Å². The molecule has 0 radical (unpaired) electrons. The number of hydrogen-bond donors (Lipinski definition) is 3. The maximum Gasteiger partial charge on any atom is 0.269 e. The van der Waals surface area contributed by atoms with E-state index in [1.54, 1.807) is 6.92 Å². The van der Waals surface area contributed by atoms with Gasteiger partial charge in [0, 0.05) is 10.2 Å². The number of nitrogens with two attached hydrogens (primary N) is 1. The predicted molar refractivity (Wildman–Crippen MR) is 82.9 cm³/mol. The first-order valence-corrected chi connectivity index (χ1v) is 7.17. The molecule has 0 saturated heterocycles. The van der Waals surface area contributed by atoms with Gasteiger partial charge < -0.3 is 4.74 Å². The summed E-state index contributed by atoms with van der Waals surface area (Å²) < 4.78 is 6.84. The summed E-state index contributed by atoms with van der Waals surface area (Å²) in [5, 5.41) is 6.87. The van der Waals surface area contributed by atoms with E-state index in [9.17, 15) is 4.79 Å². The number of nitrogen functional groups attached to an aromatic ring is 1. The van der Waals surface area contributed by atoms with Crippen molar-refractivity contribution in [2.45, 2.75) is 27.4 Å². The standard InChI is InChI=1S/C14H17BrN4O2/c1-7-4-10(15)5-8(2)13(7)21-6-11-12(14(20)17-16)9(3)18-19-11/h4-5H,6,16H2,1-3H3,(H,17,20)(H,18,19). The SMILES string of the molecule is Cc1cc(Br)cc(C)c1OCc1n[nH]c(C)c1C(=O)NN. The third kappa shape index (κ3) is 3.25. The number of benzene rings is 1. The van der Waals surface area contributed by atoms with Gasteiger partial charge in [0.05, 0.1) is 5.56 Å². The highest BCUT2D eigenvalue weighted by molar-refractivity contribution is 9.10. The zero-order valence-electron chi connectivity index (χ0n) is 12.1. The number of aromatic nitrogens is 2. The maximum atomic E-state index is 11.7. The number of nitrogens with one attached hydrogen (secondary N) is 2. The topological polar surface area (TPSA) is 93.0 Å². The van der Waals surface area contributed by atoms with Gasteiger partial charge in [0.15, 0.2) is 0 Å². The molecule has 1 aromatic carbocycles. The van der Waals surface area contributed by atoms with Gasteiger partial charge in [-0.2, -0.15) is 5.10 Å². The Morgan fingerprint density at radius 2 is 2.00 bits per heavy atom. The third-order valence-corrected chi connectivity index (χ3v) is 3.62. The monoisotopic (exact) mass is 352 g/mol. The van der Waals surface area contributed by atoms with E-state index in [1.807, 2.05) is 26.0 Å². The summed E-state index contributed by atoms with van der Waals surface area (Å²) in [6.45, 7) is 5.89. The molecule has 0 atom stereocenters. The van der Waals surface area contributed by atoms with Crippen LogP contribution in [0.25, 0.3) is 0 Å². The summed E-state index contributed by atoms with van der Waals surface area (Å²) in [6, 6.07) is 3.96. The summed E-state index contributed by atoms with van der Waals surface area (Å²) in [6.07, 6.45) is 0. The number of nitrogens with zero attached hydrogens (tertiary/aromatic N) is 1. The van der Waals surface area contributed by atoms with Gasteiger partial charge in [0.2, 0.25) is 0 Å². The average Bonchev–Trinajstić information content (AvgIpc) is 2.78. The smallest absolute Gasteiger partial charge is 0.269 e. The molecule has 2 aromatic rings. The predicted octanol–water partition coefficient (Wildman–Crippen LogP) is 2.28. The number of amides is 1. The van der Waals surface area contributed by atoms with Gasteiger partial charge >= 0.3 is 0 Å². The number of rotatable bonds is 4. The zero-order valence-corrected chi connectivity index (χ0v) is 13.7. The fraction of sp³-hybridized carbons (Fsp3) is 0.286. The molecule has 21 heavy (non-hydrogen) atoms. The van der Waals surface area contributed by atoms with Crippen LogP contribution < -0.4 is 16.0 Å². The molecule has 1 amide bonds. The van der Waals surface area contributed by atoms with Crippen LogP contribution in [-0.2, 0) is 6.61 Å². The van der Waals surface area contributed by atoms with Gasteiger partial charge in [-0.05, 0) is 44.0 Å². The van der Waals surface area contributed by atoms with Crippen molar-refractivity contribution in [2.75, 3.05) is 0 Å². The summed E-state index contributed by atoms with van der Waals surface area (Å²) in [5.74, 6) is 5.59. The van der Waals surface area contributed by atoms with E-state index in [4.69, 9.17) is 10.6 Å². The van der Waals surface area contributed by atoms with Crippen LogP contribution in [0.5, 0.6) is 5.75 Å². The number of hydrogen-bond acceptors (Lipinski definition) is 4. The summed E-state index contributed by atoms with van der Waals surface area (Å²) in [4.78, 5) is 11.7. The van der Waals surface area contributed by atoms with Crippen LogP contribution in [0.1, 0.15) is 32.9 Å². The molecule has 1 heterocycles. The summed E-state index contributed by atoms with van der Waals surface area (Å²) >= 11 is 3.45. The van der Waals surface area contributed by atoms with Crippen LogP contribution >= 0.6 is 15.9 Å². The maximum absolute atomic E-state index is 11.7. The second-order valence-electron chi connectivity index (χ2n) is 4.80. The quantitative estimate of drug-likeness (QED) is 0.447. The lowest BCUT2D eigenvalue weighted by Gasteiger charge is -2.12. The normalized spacial score (nSPS) is 10.5. The molecule has 6 nitrogen and oxygen atoms in total. The van der Waals surface area contributed by atoms with Gasteiger partial charge in [-0.3, -0.25) is 15.3 Å². The molecule has 2 rings (SSSR count). The first kappa shape index (κ1) is 15.5. The molecule has 0 aliphatic heterocycles. The first-order valence-electron chi connectivity index (χ1n) is 6.38. The van der Waals surface area contributed by atoms with Crippen molar-refractivity contribution in [3.8, 4) is 5.75 Å². The largest absolute Gasteiger partial charge is 0.487 e. The number of ether oxygens (including phenoxy) is 1. The van der Waals surface area contributed by atoms with E-state index in [0.717, 1.165) is 21.3 Å². The van der Waals surface area contributed by atoms with Crippen molar-refractivity contribution >= 4 is 21.8 Å². The van der Waals surface area contributed by atoms with Crippen LogP contribution in [-0.4, -0.2) is 16.1 Å². The minimum Gasteiger partial charge on any atom is -0.487 e. The van der Waals surface area contributed by atoms with E-state index < -0.39 is 0 Å². The highest BCUT2D eigenvalue weighted by Crippen LogP contribution is 2.28. The van der Waals surface area contributed by atoms with Gasteiger partial charge in [0.1, 0.15) is 18.1 Å². The number of halogens is 1. The van der Waals surface area contributed by atoms with Gasteiger partial charge in [-0.1, -0.05) is 15.9 Å². The highest BCUT2D eigenvalue weighted by atomic mass is 79.9. The molecule has 0 fully saturated rings. The Bertz CT molecular complexity index is 659. The van der Waals surface area contributed by atoms with Crippen LogP contribution in [0.2, 0.25) is 0 Å². The van der Waals surface area contributed by atoms with Gasteiger partial charge in [-0.15, -0.1) is 0 Å². The fourth-order valence-electron chi connectivity index (χ4n) is 2.22. The Balaban J connectivity index is 2.24. The molecule has 0 aliphatic carbocycles. The number of carbonyl (C=O) groups is 1. The molecule has 0 bridgehead atoms. The number of hydrazine groups is 1. The lowest BCUT2D eigenvalue weighted by molar-refractivity contribution is 0.0950. The molecule has 7 heteroatoms. The van der Waals surface area contributed by atoms with Crippen molar-refractivity contribution in [1.29, 1.82) is 0 Å². The minimum absolute atomic E-state index is 0.191. The number of aryl methyl sites for hydroxylation is 3. The number of aromatic amines is 1. The molecule has 4 N–H and O–H groups in total. The molecule has 1 aromatic heterocycles. The lowest BCUT2D eigenvalue weighted by atomic mass is 10.1. The van der Waals surface area contributed by atoms with Crippen molar-refractivity contribution in [2.24, 2.45) is 5.84 Å². The molecule has 112 valence electrons. The van der Waals surface area contributed by atoms with E-state index >= 15 is 0 Å². The Morgan fingerprint density at radius 3 is 2.57 bits per heavy atom. The molecular formula is C14H17BrN4O2. The van der Waals surface area contributed by atoms with Crippen molar-refractivity contribution in [3.63, 3.8) is 0 Å². The van der Waals surface area contributed by atoms with Crippen LogP contribution in [0.3, 0.4) is 0 Å². The Labute approximate surface area is 131 Å². The second kappa shape index (κ2) is 6.28. The molecule has 0 unspecified atom stereocenters. The first-order chi connectivity index (χ1) is 9.93. The number of H-pyrrole nitrogens is 1. The molecule has 0 aliphatic rings. The average molecular weight is 353 g/mol. The zero-order chi connectivity index (χ0) is 15.6. The van der Waals surface area contributed by atoms with Gasteiger partial charge in [0.25, 0.3) is 5.91 Å². The van der Waals surface area contributed by atoms with Crippen molar-refractivity contribution < 1.29 is 9.53 Å². The van der Waals surface area contributed by atoms with Crippen LogP contribution in [0.4, 0.5) is 0 Å². The Kier molecular flexibility index (Phi) is 4.64. The summed E-state index contributed by atoms with van der Waals surface area (Å²) in [7, 11) is 0. The van der Waals surface area contributed by atoms with Gasteiger partial charge in [-0.25, -0.2) is 5.84 Å². The third-order valence-electron chi connectivity index (χ3n) is 3.16. The number of carbonyl (C=O) groups excluding carboxylic acids is 1. The molecule has 0 spiro atoms. The Hall–Kier alpha value is -1.86. The van der Waals surface area contributed by atoms with Crippen LogP contribution in [0, 0.1) is 20.8 Å². The van der Waals surface area contributed by atoms with Crippen LogP contribution in [0.15, 0.2) is 16.6 Å². The molecule has 0 saturated carbocycles.